The molecule has 0 saturated carbocycles. The van der Waals surface area contributed by atoms with Crippen molar-refractivity contribution in [2.45, 2.75) is 52.8 Å². The van der Waals surface area contributed by atoms with Crippen LogP contribution in [-0.2, 0) is 6.54 Å². The number of hydrogen-bond acceptors (Lipinski definition) is 2. The lowest BCUT2D eigenvalue weighted by atomic mass is 10.1. The van der Waals surface area contributed by atoms with Crippen molar-refractivity contribution in [3.8, 4) is 5.75 Å². The summed E-state index contributed by atoms with van der Waals surface area (Å²) in [6, 6.07) is 4.83. The molecule has 0 heterocycles. The molecule has 17 heavy (non-hydrogen) atoms. The highest BCUT2D eigenvalue weighted by Crippen LogP contribution is 2.18. The Labute approximate surface area is 103 Å². The Morgan fingerprint density at radius 3 is 2.41 bits per heavy atom. The van der Waals surface area contributed by atoms with E-state index in [1.165, 1.54) is 12.1 Å². The van der Waals surface area contributed by atoms with Gasteiger partial charge in [0, 0.05) is 18.2 Å². The minimum Gasteiger partial charge on any atom is -0.491 e. The van der Waals surface area contributed by atoms with Crippen molar-refractivity contribution < 1.29 is 9.13 Å². The first-order valence-corrected chi connectivity index (χ1v) is 5.97. The predicted molar refractivity (Wildman–Crippen MR) is 68.8 cm³/mol. The summed E-state index contributed by atoms with van der Waals surface area (Å²) in [5, 5.41) is 3.32. The normalized spacial score (nSPS) is 11.9. The summed E-state index contributed by atoms with van der Waals surface area (Å²) in [7, 11) is 0. The quantitative estimate of drug-likeness (QED) is 0.868. The molecule has 96 valence electrons. The molecule has 0 radical (unpaired) electrons. The van der Waals surface area contributed by atoms with E-state index in [-0.39, 0.29) is 17.5 Å². The third-order valence-electron chi connectivity index (χ3n) is 2.13. The van der Waals surface area contributed by atoms with Gasteiger partial charge in [0.2, 0.25) is 0 Å². The Balaban J connectivity index is 2.75. The van der Waals surface area contributed by atoms with E-state index in [2.05, 4.69) is 26.1 Å². The maximum absolute atomic E-state index is 13.4. The number of halogens is 1. The van der Waals surface area contributed by atoms with Crippen LogP contribution in [0, 0.1) is 5.82 Å². The van der Waals surface area contributed by atoms with Gasteiger partial charge in [0.05, 0.1) is 6.10 Å². The van der Waals surface area contributed by atoms with E-state index in [1.54, 1.807) is 0 Å². The van der Waals surface area contributed by atoms with Gasteiger partial charge in [0.15, 0.2) is 0 Å². The van der Waals surface area contributed by atoms with E-state index in [9.17, 15) is 4.39 Å². The van der Waals surface area contributed by atoms with E-state index in [1.807, 2.05) is 19.9 Å². The maximum atomic E-state index is 13.4. The van der Waals surface area contributed by atoms with Crippen LogP contribution in [0.1, 0.15) is 40.2 Å². The van der Waals surface area contributed by atoms with Gasteiger partial charge in [-0.2, -0.15) is 0 Å². The molecule has 0 aromatic heterocycles. The molecule has 0 aliphatic rings. The second kappa shape index (κ2) is 5.50. The topological polar surface area (TPSA) is 21.3 Å². The van der Waals surface area contributed by atoms with Gasteiger partial charge in [-0.25, -0.2) is 4.39 Å². The molecule has 0 unspecified atom stereocenters. The van der Waals surface area contributed by atoms with E-state index in [0.29, 0.717) is 12.3 Å². The molecule has 1 N–H and O–H groups in total. The maximum Gasteiger partial charge on any atom is 0.127 e. The predicted octanol–water partition coefficient (Wildman–Crippen LogP) is 3.50. The zero-order valence-corrected chi connectivity index (χ0v) is 11.3. The van der Waals surface area contributed by atoms with Gasteiger partial charge in [0.1, 0.15) is 11.6 Å². The van der Waals surface area contributed by atoms with Crippen LogP contribution in [0.2, 0.25) is 0 Å². The average molecular weight is 239 g/mol. The number of rotatable bonds is 4. The molecular weight excluding hydrogens is 217 g/mol. The molecule has 3 heteroatoms. The largest absolute Gasteiger partial charge is 0.491 e. The van der Waals surface area contributed by atoms with Gasteiger partial charge < -0.3 is 10.1 Å². The number of hydrogen-bond donors (Lipinski definition) is 1. The third kappa shape index (κ3) is 5.68. The lowest BCUT2D eigenvalue weighted by molar-refractivity contribution is 0.241. The summed E-state index contributed by atoms with van der Waals surface area (Å²) in [6.45, 7) is 10.7. The van der Waals surface area contributed by atoms with Gasteiger partial charge in [0.25, 0.3) is 0 Å². The fourth-order valence-corrected chi connectivity index (χ4v) is 1.43. The van der Waals surface area contributed by atoms with Crippen molar-refractivity contribution in [2.75, 3.05) is 0 Å². The monoisotopic (exact) mass is 239 g/mol. The highest BCUT2D eigenvalue weighted by molar-refractivity contribution is 5.29. The molecule has 0 saturated heterocycles. The number of nitrogens with one attached hydrogen (secondary N) is 1. The van der Waals surface area contributed by atoms with Gasteiger partial charge in [-0.15, -0.1) is 0 Å². The Bertz CT molecular complexity index is 369. The molecule has 2 nitrogen and oxygen atoms in total. The summed E-state index contributed by atoms with van der Waals surface area (Å²) >= 11 is 0. The van der Waals surface area contributed by atoms with Crippen LogP contribution in [0.15, 0.2) is 18.2 Å². The zero-order valence-electron chi connectivity index (χ0n) is 11.3. The van der Waals surface area contributed by atoms with Crippen molar-refractivity contribution in [3.05, 3.63) is 29.6 Å². The van der Waals surface area contributed by atoms with Crippen LogP contribution in [0.25, 0.3) is 0 Å². The van der Waals surface area contributed by atoms with Crippen LogP contribution in [-0.4, -0.2) is 11.6 Å². The van der Waals surface area contributed by atoms with Gasteiger partial charge >= 0.3 is 0 Å². The lowest BCUT2D eigenvalue weighted by Gasteiger charge is -2.21. The fraction of sp³-hybridized carbons (Fsp3) is 0.571. The number of ether oxygens (including phenoxy) is 1. The van der Waals surface area contributed by atoms with Crippen LogP contribution in [0.3, 0.4) is 0 Å². The Kier molecular flexibility index (Phi) is 4.52. The van der Waals surface area contributed by atoms with Crippen molar-refractivity contribution in [3.63, 3.8) is 0 Å². The molecule has 0 aliphatic heterocycles. The second-order valence-electron chi connectivity index (χ2n) is 5.57. The molecular formula is C14H22FNO. The van der Waals surface area contributed by atoms with Crippen LogP contribution in [0.4, 0.5) is 4.39 Å². The summed E-state index contributed by atoms with van der Waals surface area (Å²) < 4.78 is 18.9. The van der Waals surface area contributed by atoms with Crippen LogP contribution in [0.5, 0.6) is 5.75 Å². The summed E-state index contributed by atoms with van der Waals surface area (Å²) in [4.78, 5) is 0. The summed E-state index contributed by atoms with van der Waals surface area (Å²) in [6.07, 6.45) is 0.0558. The van der Waals surface area contributed by atoms with Crippen molar-refractivity contribution in [1.82, 2.24) is 5.32 Å². The van der Waals surface area contributed by atoms with E-state index in [0.717, 1.165) is 5.56 Å². The Hall–Kier alpha value is -1.09. The molecule has 0 fully saturated rings. The van der Waals surface area contributed by atoms with E-state index < -0.39 is 0 Å². The van der Waals surface area contributed by atoms with E-state index >= 15 is 0 Å². The first-order chi connectivity index (χ1) is 7.76. The van der Waals surface area contributed by atoms with E-state index in [4.69, 9.17) is 4.74 Å². The average Bonchev–Trinajstić information content (AvgIpc) is 2.11. The highest BCUT2D eigenvalue weighted by atomic mass is 19.1. The standard InChI is InChI=1S/C14H22FNO/c1-10(2)17-13-7-11(6-12(15)8-13)9-16-14(3,4)5/h6-8,10,16H,9H2,1-5H3. The second-order valence-corrected chi connectivity index (χ2v) is 5.57. The molecule has 1 aromatic rings. The SMILES string of the molecule is CC(C)Oc1cc(F)cc(CNC(C)(C)C)c1. The molecule has 1 aromatic carbocycles. The molecule has 0 spiro atoms. The Morgan fingerprint density at radius 2 is 1.88 bits per heavy atom. The van der Waals surface area contributed by atoms with Gasteiger partial charge in [-0.1, -0.05) is 0 Å². The molecule has 1 rings (SSSR count). The van der Waals surface area contributed by atoms with Crippen molar-refractivity contribution in [2.24, 2.45) is 0 Å². The molecule has 0 aliphatic carbocycles. The van der Waals surface area contributed by atoms with Crippen LogP contribution < -0.4 is 10.1 Å². The summed E-state index contributed by atoms with van der Waals surface area (Å²) in [5.41, 5.74) is 0.918. The Morgan fingerprint density at radius 1 is 1.24 bits per heavy atom. The minimum absolute atomic E-state index is 0.0192. The smallest absolute Gasteiger partial charge is 0.127 e. The first kappa shape index (κ1) is 14.0. The molecule has 0 atom stereocenters. The third-order valence-corrected chi connectivity index (χ3v) is 2.13. The molecule has 0 bridgehead atoms. The minimum atomic E-state index is -0.256. The first-order valence-electron chi connectivity index (χ1n) is 5.97. The number of benzene rings is 1. The van der Waals surface area contributed by atoms with Crippen molar-refractivity contribution in [1.29, 1.82) is 0 Å². The van der Waals surface area contributed by atoms with Crippen molar-refractivity contribution >= 4 is 0 Å². The fourth-order valence-electron chi connectivity index (χ4n) is 1.43. The van der Waals surface area contributed by atoms with Gasteiger partial charge in [-0.3, -0.25) is 0 Å². The zero-order chi connectivity index (χ0) is 13.1. The highest BCUT2D eigenvalue weighted by Gasteiger charge is 2.10. The summed E-state index contributed by atoms with van der Waals surface area (Å²) in [5.74, 6) is 0.333. The van der Waals surface area contributed by atoms with Crippen LogP contribution >= 0.6 is 0 Å². The van der Waals surface area contributed by atoms with Gasteiger partial charge in [-0.05, 0) is 52.3 Å². The molecule has 0 amide bonds. The lowest BCUT2D eigenvalue weighted by Crippen LogP contribution is -2.35.